The van der Waals surface area contributed by atoms with Crippen LogP contribution in [0.5, 0.6) is 0 Å². The molecule has 1 aliphatic rings. The van der Waals surface area contributed by atoms with E-state index in [0.29, 0.717) is 21.1 Å². The zero-order chi connectivity index (χ0) is 21.0. The van der Waals surface area contributed by atoms with Crippen molar-refractivity contribution < 1.29 is 0 Å². The van der Waals surface area contributed by atoms with E-state index >= 15 is 0 Å². The number of halogens is 3. The summed E-state index contributed by atoms with van der Waals surface area (Å²) in [5.41, 5.74) is 1.55. The Kier molecular flexibility index (Phi) is 7.76. The third-order valence-corrected chi connectivity index (χ3v) is 5.79. The summed E-state index contributed by atoms with van der Waals surface area (Å²) < 4.78 is 0. The second-order valence-corrected chi connectivity index (χ2v) is 8.79. The molecular weight excluding hydrogens is 451 g/mol. The van der Waals surface area contributed by atoms with Crippen LogP contribution in [0.1, 0.15) is 19.0 Å². The van der Waals surface area contributed by atoms with E-state index in [0.717, 1.165) is 43.3 Å². The number of likely N-dealkylation sites (tertiary alicyclic amines) is 1. The number of nitrogens with zero attached hydrogens (tertiary/aromatic N) is 3. The lowest BCUT2D eigenvalue weighted by Gasteiger charge is -2.35. The van der Waals surface area contributed by atoms with Crippen LogP contribution in [0.25, 0.3) is 0 Å². The van der Waals surface area contributed by atoms with Crippen LogP contribution in [-0.4, -0.2) is 51.0 Å². The molecule has 2 aromatic rings. The summed E-state index contributed by atoms with van der Waals surface area (Å²) in [5, 5.41) is 11.0. The first-order valence-corrected chi connectivity index (χ1v) is 10.9. The van der Waals surface area contributed by atoms with Gasteiger partial charge in [0.1, 0.15) is 5.82 Å². The van der Waals surface area contributed by atoms with E-state index in [1.807, 2.05) is 13.0 Å². The minimum Gasteiger partial charge on any atom is -0.366 e. The summed E-state index contributed by atoms with van der Waals surface area (Å²) in [4.78, 5) is 11.3. The quantitative estimate of drug-likeness (QED) is 0.416. The molecule has 29 heavy (non-hydrogen) atoms. The summed E-state index contributed by atoms with van der Waals surface area (Å²) in [6.07, 6.45) is 0.890. The topological polar surface area (TPSA) is 65.1 Å². The predicted molar refractivity (Wildman–Crippen MR) is 127 cm³/mol. The van der Waals surface area contributed by atoms with Crippen LogP contribution in [0, 0.1) is 6.92 Å². The van der Waals surface area contributed by atoms with Crippen molar-refractivity contribution in [3.8, 4) is 0 Å². The van der Waals surface area contributed by atoms with Crippen molar-refractivity contribution in [3.05, 3.63) is 40.0 Å². The molecule has 3 rings (SSSR count). The number of likely N-dealkylation sites (N-methyl/N-ethyl adjacent to an activating group) is 1. The normalized spacial score (nSPS) is 19.6. The van der Waals surface area contributed by atoms with E-state index in [4.69, 9.17) is 47.0 Å². The van der Waals surface area contributed by atoms with E-state index in [-0.39, 0.29) is 11.4 Å². The molecule has 10 heteroatoms. The highest BCUT2D eigenvalue weighted by molar-refractivity contribution is 7.80. The molecule has 0 bridgehead atoms. The van der Waals surface area contributed by atoms with Crippen LogP contribution in [0.3, 0.4) is 0 Å². The first-order valence-electron chi connectivity index (χ1n) is 9.34. The molecule has 1 aliphatic heterocycles. The van der Waals surface area contributed by atoms with Crippen molar-refractivity contribution in [3.63, 3.8) is 0 Å². The average Bonchev–Trinajstić information content (AvgIpc) is 2.63. The zero-order valence-corrected chi connectivity index (χ0v) is 19.3. The first kappa shape index (κ1) is 22.3. The van der Waals surface area contributed by atoms with E-state index in [1.165, 1.54) is 0 Å². The van der Waals surface area contributed by atoms with Crippen LogP contribution in [-0.2, 0) is 0 Å². The molecule has 1 saturated heterocycles. The molecule has 2 heterocycles. The van der Waals surface area contributed by atoms with Crippen LogP contribution < -0.4 is 16.0 Å². The molecular formula is C19H23Cl3N6S. The largest absolute Gasteiger partial charge is 0.366 e. The van der Waals surface area contributed by atoms with Crippen molar-refractivity contribution in [2.24, 2.45) is 0 Å². The fourth-order valence-corrected chi connectivity index (χ4v) is 4.15. The molecule has 0 spiro atoms. The predicted octanol–water partition coefficient (Wildman–Crippen LogP) is 5.01. The number of nitrogens with one attached hydrogen (secondary N) is 3. The van der Waals surface area contributed by atoms with Gasteiger partial charge < -0.3 is 20.9 Å². The van der Waals surface area contributed by atoms with Gasteiger partial charge in [0.15, 0.2) is 5.11 Å². The molecule has 6 nitrogen and oxygen atoms in total. The Bertz CT molecular complexity index is 881. The van der Waals surface area contributed by atoms with Gasteiger partial charge in [-0.25, -0.2) is 4.98 Å². The molecule has 1 fully saturated rings. The van der Waals surface area contributed by atoms with E-state index in [2.05, 4.69) is 37.7 Å². The van der Waals surface area contributed by atoms with Gasteiger partial charge in [-0.1, -0.05) is 30.1 Å². The van der Waals surface area contributed by atoms with Crippen LogP contribution in [0.15, 0.2) is 24.3 Å². The van der Waals surface area contributed by atoms with E-state index in [9.17, 15) is 0 Å². The number of hydrogen-bond acceptors (Lipinski definition) is 5. The molecule has 1 aromatic carbocycles. The monoisotopic (exact) mass is 472 g/mol. The van der Waals surface area contributed by atoms with Crippen LogP contribution in [0.4, 0.5) is 17.5 Å². The average molecular weight is 474 g/mol. The van der Waals surface area contributed by atoms with Gasteiger partial charge in [-0.3, -0.25) is 0 Å². The Morgan fingerprint density at radius 2 is 1.97 bits per heavy atom. The Hall–Kier alpha value is -1.38. The first-order chi connectivity index (χ1) is 13.8. The van der Waals surface area contributed by atoms with E-state index < -0.39 is 0 Å². The minimum atomic E-state index is 0.129. The molecule has 156 valence electrons. The number of alkyl halides is 1. The van der Waals surface area contributed by atoms with Gasteiger partial charge in [0.25, 0.3) is 0 Å². The zero-order valence-electron chi connectivity index (χ0n) is 16.2. The number of anilines is 3. The van der Waals surface area contributed by atoms with Gasteiger partial charge in [-0.15, -0.1) is 11.6 Å². The molecule has 3 N–H and O–H groups in total. The summed E-state index contributed by atoms with van der Waals surface area (Å²) in [6, 6.07) is 7.34. The third kappa shape index (κ3) is 6.55. The second-order valence-electron chi connectivity index (χ2n) is 6.95. The summed E-state index contributed by atoms with van der Waals surface area (Å²) in [7, 11) is 0. The highest BCUT2D eigenvalue weighted by Gasteiger charge is 2.25. The third-order valence-electron chi connectivity index (χ3n) is 4.53. The lowest BCUT2D eigenvalue weighted by atomic mass is 10.1. The van der Waals surface area contributed by atoms with Crippen molar-refractivity contribution in [2.75, 3.05) is 35.6 Å². The summed E-state index contributed by atoms with van der Waals surface area (Å²) >= 11 is 23.8. The SMILES string of the molecule is CCN1CC(Cl)CC(Nc2cc(C)nc(NC(=S)Nc3ccc(Cl)c(Cl)c3)n2)C1. The molecule has 0 saturated carbocycles. The number of thiocarbonyl (C=S) groups is 1. The lowest BCUT2D eigenvalue weighted by molar-refractivity contribution is 0.230. The molecule has 0 radical (unpaired) electrons. The van der Waals surface area contributed by atoms with Gasteiger partial charge in [0, 0.05) is 42.0 Å². The van der Waals surface area contributed by atoms with Crippen molar-refractivity contribution in [1.29, 1.82) is 0 Å². The maximum Gasteiger partial charge on any atom is 0.231 e. The summed E-state index contributed by atoms with van der Waals surface area (Å²) in [6.45, 7) is 6.89. The van der Waals surface area contributed by atoms with Crippen LogP contribution >= 0.6 is 47.0 Å². The molecule has 2 unspecified atom stereocenters. The Labute approximate surface area is 191 Å². The van der Waals surface area contributed by atoms with Gasteiger partial charge >= 0.3 is 0 Å². The standard InChI is InChI=1S/C19H23Cl3N6S/c1-3-28-9-12(20)7-14(10-28)24-17-6-11(2)23-18(26-17)27-19(29)25-13-4-5-15(21)16(22)8-13/h4-6,8,12,14H,3,7,9-10H2,1-2H3,(H3,23,24,25,26,27,29). The number of benzene rings is 1. The highest BCUT2D eigenvalue weighted by atomic mass is 35.5. The minimum absolute atomic E-state index is 0.129. The maximum atomic E-state index is 6.41. The van der Waals surface area contributed by atoms with Gasteiger partial charge in [-0.2, -0.15) is 4.98 Å². The lowest BCUT2D eigenvalue weighted by Crippen LogP contribution is -2.46. The number of rotatable bonds is 5. The Balaban J connectivity index is 1.65. The number of aromatic nitrogens is 2. The molecule has 0 amide bonds. The van der Waals surface area contributed by atoms with Crippen LogP contribution in [0.2, 0.25) is 10.0 Å². The Morgan fingerprint density at radius 3 is 2.69 bits per heavy atom. The van der Waals surface area contributed by atoms with Gasteiger partial charge in [0.05, 0.1) is 10.0 Å². The highest BCUT2D eigenvalue weighted by Crippen LogP contribution is 2.25. The maximum absolute atomic E-state index is 6.41. The fraction of sp³-hybridized carbons (Fsp3) is 0.421. The van der Waals surface area contributed by atoms with Crippen molar-refractivity contribution >= 4 is 69.6 Å². The van der Waals surface area contributed by atoms with E-state index in [1.54, 1.807) is 18.2 Å². The second kappa shape index (κ2) is 10.1. The number of piperidine rings is 1. The Morgan fingerprint density at radius 1 is 1.17 bits per heavy atom. The van der Waals surface area contributed by atoms with Gasteiger partial charge in [-0.05, 0) is 50.3 Å². The summed E-state index contributed by atoms with van der Waals surface area (Å²) in [5.74, 6) is 1.15. The molecule has 1 aromatic heterocycles. The number of hydrogen-bond donors (Lipinski definition) is 3. The molecule has 0 aliphatic carbocycles. The van der Waals surface area contributed by atoms with Crippen molar-refractivity contribution in [2.45, 2.75) is 31.7 Å². The number of aryl methyl sites for hydroxylation is 1. The van der Waals surface area contributed by atoms with Gasteiger partial charge in [0.2, 0.25) is 5.95 Å². The smallest absolute Gasteiger partial charge is 0.231 e. The fourth-order valence-electron chi connectivity index (χ4n) is 3.23. The van der Waals surface area contributed by atoms with Crippen molar-refractivity contribution in [1.82, 2.24) is 14.9 Å². The molecule has 2 atom stereocenters.